The van der Waals surface area contributed by atoms with E-state index in [9.17, 15) is 4.39 Å². The van der Waals surface area contributed by atoms with Gasteiger partial charge in [0.25, 0.3) is 0 Å². The molecule has 1 aromatic carbocycles. The lowest BCUT2D eigenvalue weighted by atomic mass is 10.2. The first-order valence-corrected chi connectivity index (χ1v) is 6.97. The zero-order valence-corrected chi connectivity index (χ0v) is 12.7. The molecule has 0 aliphatic heterocycles. The molecule has 0 radical (unpaired) electrons. The standard InChI is InChI=1S/C13H20FIN2/c1-9(2)16-7-10(3)17-8-11-4-5-12(14)6-13(11)15/h4-6,9-10,16-17H,7-8H2,1-3H3. The van der Waals surface area contributed by atoms with Gasteiger partial charge < -0.3 is 10.6 Å². The fourth-order valence-electron chi connectivity index (χ4n) is 1.43. The normalized spacial score (nSPS) is 13.1. The fraction of sp³-hybridized carbons (Fsp3) is 0.538. The lowest BCUT2D eigenvalue weighted by Gasteiger charge is -2.17. The van der Waals surface area contributed by atoms with Gasteiger partial charge in [0.15, 0.2) is 0 Å². The minimum Gasteiger partial charge on any atom is -0.313 e. The molecule has 0 saturated heterocycles. The molecule has 0 saturated carbocycles. The summed E-state index contributed by atoms with van der Waals surface area (Å²) in [6.07, 6.45) is 0. The summed E-state index contributed by atoms with van der Waals surface area (Å²) in [5.41, 5.74) is 1.14. The second kappa shape index (κ2) is 7.28. The first-order chi connectivity index (χ1) is 7.99. The van der Waals surface area contributed by atoms with Crippen molar-refractivity contribution < 1.29 is 4.39 Å². The third kappa shape index (κ3) is 5.79. The summed E-state index contributed by atoms with van der Waals surface area (Å²) in [5.74, 6) is -0.173. The van der Waals surface area contributed by atoms with Crippen LogP contribution in [0.2, 0.25) is 0 Å². The first-order valence-electron chi connectivity index (χ1n) is 5.89. The van der Waals surface area contributed by atoms with Crippen LogP contribution in [0.3, 0.4) is 0 Å². The summed E-state index contributed by atoms with van der Waals surface area (Å²) in [4.78, 5) is 0. The Morgan fingerprint density at radius 3 is 2.53 bits per heavy atom. The molecule has 1 unspecified atom stereocenters. The summed E-state index contributed by atoms with van der Waals surface area (Å²) in [6, 6.07) is 5.82. The Hall–Kier alpha value is -0.200. The Labute approximate surface area is 117 Å². The van der Waals surface area contributed by atoms with Crippen molar-refractivity contribution in [3.05, 3.63) is 33.1 Å². The van der Waals surface area contributed by atoms with E-state index in [2.05, 4.69) is 54.0 Å². The van der Waals surface area contributed by atoms with Crippen LogP contribution in [0.1, 0.15) is 26.3 Å². The largest absolute Gasteiger partial charge is 0.313 e. The van der Waals surface area contributed by atoms with E-state index >= 15 is 0 Å². The van der Waals surface area contributed by atoms with Gasteiger partial charge in [-0.15, -0.1) is 0 Å². The van der Waals surface area contributed by atoms with E-state index < -0.39 is 0 Å². The molecule has 0 fully saturated rings. The minimum absolute atomic E-state index is 0.173. The minimum atomic E-state index is -0.173. The molecular formula is C13H20FIN2. The molecule has 2 nitrogen and oxygen atoms in total. The van der Waals surface area contributed by atoms with Crippen molar-refractivity contribution in [2.45, 2.75) is 39.4 Å². The van der Waals surface area contributed by atoms with Crippen LogP contribution in [0, 0.1) is 9.39 Å². The molecule has 4 heteroatoms. The molecule has 0 amide bonds. The Morgan fingerprint density at radius 2 is 1.94 bits per heavy atom. The topological polar surface area (TPSA) is 24.1 Å². The molecule has 0 heterocycles. The molecule has 1 atom stereocenters. The van der Waals surface area contributed by atoms with E-state index in [1.54, 1.807) is 6.07 Å². The van der Waals surface area contributed by atoms with Crippen LogP contribution in [0.5, 0.6) is 0 Å². The summed E-state index contributed by atoms with van der Waals surface area (Å²) < 4.78 is 13.9. The van der Waals surface area contributed by atoms with Crippen molar-refractivity contribution in [2.24, 2.45) is 0 Å². The van der Waals surface area contributed by atoms with Crippen LogP contribution in [-0.4, -0.2) is 18.6 Å². The average Bonchev–Trinajstić information content (AvgIpc) is 2.25. The number of halogens is 2. The van der Waals surface area contributed by atoms with E-state index in [1.807, 2.05) is 6.07 Å². The first kappa shape index (κ1) is 14.9. The highest BCUT2D eigenvalue weighted by Gasteiger charge is 2.05. The molecule has 0 spiro atoms. The predicted octanol–water partition coefficient (Wildman–Crippen LogP) is 2.91. The van der Waals surface area contributed by atoms with Crippen molar-refractivity contribution >= 4 is 22.6 Å². The third-order valence-electron chi connectivity index (χ3n) is 2.49. The fourth-order valence-corrected chi connectivity index (χ4v) is 2.10. The smallest absolute Gasteiger partial charge is 0.124 e. The van der Waals surface area contributed by atoms with Crippen molar-refractivity contribution in [3.63, 3.8) is 0 Å². The second-order valence-corrected chi connectivity index (χ2v) is 5.74. The molecule has 2 N–H and O–H groups in total. The lowest BCUT2D eigenvalue weighted by molar-refractivity contribution is 0.473. The highest BCUT2D eigenvalue weighted by Crippen LogP contribution is 2.13. The van der Waals surface area contributed by atoms with E-state index in [1.165, 1.54) is 6.07 Å². The average molecular weight is 350 g/mol. The van der Waals surface area contributed by atoms with E-state index in [-0.39, 0.29) is 5.82 Å². The van der Waals surface area contributed by atoms with Gasteiger partial charge in [-0.2, -0.15) is 0 Å². The van der Waals surface area contributed by atoms with Crippen molar-refractivity contribution in [2.75, 3.05) is 6.54 Å². The molecule has 1 aromatic rings. The van der Waals surface area contributed by atoms with Crippen LogP contribution in [0.15, 0.2) is 18.2 Å². The number of nitrogens with one attached hydrogen (secondary N) is 2. The molecule has 96 valence electrons. The van der Waals surface area contributed by atoms with Gasteiger partial charge in [-0.05, 0) is 47.2 Å². The number of benzene rings is 1. The maximum atomic E-state index is 12.9. The SMILES string of the molecule is CC(C)NCC(C)NCc1ccc(F)cc1I. The Kier molecular flexibility index (Phi) is 6.37. The Bertz CT molecular complexity index is 355. The van der Waals surface area contributed by atoms with Gasteiger partial charge in [0, 0.05) is 28.7 Å². The van der Waals surface area contributed by atoms with Crippen LogP contribution in [0.25, 0.3) is 0 Å². The highest BCUT2D eigenvalue weighted by molar-refractivity contribution is 14.1. The van der Waals surface area contributed by atoms with Gasteiger partial charge in [-0.3, -0.25) is 0 Å². The molecule has 0 aliphatic rings. The van der Waals surface area contributed by atoms with Gasteiger partial charge in [-0.25, -0.2) is 4.39 Å². The van der Waals surface area contributed by atoms with Gasteiger partial charge in [0.05, 0.1) is 0 Å². The Balaban J connectivity index is 2.39. The molecule has 0 bridgehead atoms. The number of rotatable bonds is 6. The summed E-state index contributed by atoms with van der Waals surface area (Å²) in [7, 11) is 0. The monoisotopic (exact) mass is 350 g/mol. The third-order valence-corrected chi connectivity index (χ3v) is 3.49. The van der Waals surface area contributed by atoms with Crippen molar-refractivity contribution in [1.82, 2.24) is 10.6 Å². The molecule has 0 aromatic heterocycles. The van der Waals surface area contributed by atoms with Crippen LogP contribution >= 0.6 is 22.6 Å². The summed E-state index contributed by atoms with van der Waals surface area (Å²) in [5, 5.41) is 6.81. The number of hydrogen-bond donors (Lipinski definition) is 2. The second-order valence-electron chi connectivity index (χ2n) is 4.58. The highest BCUT2D eigenvalue weighted by atomic mass is 127. The van der Waals surface area contributed by atoms with E-state index in [0.29, 0.717) is 12.1 Å². The van der Waals surface area contributed by atoms with Crippen LogP contribution < -0.4 is 10.6 Å². The summed E-state index contributed by atoms with van der Waals surface area (Å²) in [6.45, 7) is 8.13. The quantitative estimate of drug-likeness (QED) is 0.771. The van der Waals surface area contributed by atoms with Gasteiger partial charge in [0.1, 0.15) is 5.82 Å². The van der Waals surface area contributed by atoms with Crippen molar-refractivity contribution in [3.8, 4) is 0 Å². The molecule has 17 heavy (non-hydrogen) atoms. The van der Waals surface area contributed by atoms with Gasteiger partial charge >= 0.3 is 0 Å². The van der Waals surface area contributed by atoms with Crippen LogP contribution in [-0.2, 0) is 6.54 Å². The van der Waals surface area contributed by atoms with Crippen molar-refractivity contribution in [1.29, 1.82) is 0 Å². The summed E-state index contributed by atoms with van der Waals surface area (Å²) >= 11 is 2.17. The Morgan fingerprint density at radius 1 is 1.24 bits per heavy atom. The number of hydrogen-bond acceptors (Lipinski definition) is 2. The maximum Gasteiger partial charge on any atom is 0.124 e. The van der Waals surface area contributed by atoms with Gasteiger partial charge in [-0.1, -0.05) is 19.9 Å². The predicted molar refractivity (Wildman–Crippen MR) is 78.6 cm³/mol. The maximum absolute atomic E-state index is 12.9. The lowest BCUT2D eigenvalue weighted by Crippen LogP contribution is -2.38. The van der Waals surface area contributed by atoms with E-state index in [4.69, 9.17) is 0 Å². The van der Waals surface area contributed by atoms with E-state index in [0.717, 1.165) is 22.2 Å². The zero-order valence-electron chi connectivity index (χ0n) is 10.6. The molecule has 1 rings (SSSR count). The molecule has 0 aliphatic carbocycles. The molecular weight excluding hydrogens is 330 g/mol. The zero-order chi connectivity index (χ0) is 12.8. The van der Waals surface area contributed by atoms with Crippen LogP contribution in [0.4, 0.5) is 4.39 Å². The van der Waals surface area contributed by atoms with Gasteiger partial charge in [0.2, 0.25) is 0 Å².